The van der Waals surface area contributed by atoms with Gasteiger partial charge in [0.25, 0.3) is 5.91 Å². The largest absolute Gasteiger partial charge is 1.00 e. The number of hydrogen-bond acceptors (Lipinski definition) is 5. The number of carbonyl (C=O) groups excluding carboxylic acids is 1. The fraction of sp³-hybridized carbons (Fsp3) is 0.435. The van der Waals surface area contributed by atoms with Gasteiger partial charge < -0.3 is 37.4 Å². The Labute approximate surface area is 196 Å². The third-order valence-corrected chi connectivity index (χ3v) is 4.75. The van der Waals surface area contributed by atoms with Crippen LogP contribution in [-0.4, -0.2) is 57.8 Å². The van der Waals surface area contributed by atoms with Gasteiger partial charge in [-0.3, -0.25) is 4.79 Å². The number of halogens is 2. The summed E-state index contributed by atoms with van der Waals surface area (Å²) in [6.45, 7) is 5.30. The summed E-state index contributed by atoms with van der Waals surface area (Å²) in [6, 6.07) is 13.6. The Hall–Kier alpha value is -1.99. The van der Waals surface area contributed by atoms with Crippen molar-refractivity contribution in [2.24, 2.45) is 0 Å². The summed E-state index contributed by atoms with van der Waals surface area (Å²) in [5, 5.41) is 6.81. The van der Waals surface area contributed by atoms with Gasteiger partial charge in [-0.1, -0.05) is 41.9 Å². The van der Waals surface area contributed by atoms with E-state index in [4.69, 9.17) is 21.1 Å². The maximum Gasteiger partial charge on any atom is 0.257 e. The number of likely N-dealkylation sites (N-methyl/N-ethyl adjacent to an activating group) is 1. The molecule has 0 saturated heterocycles. The highest BCUT2D eigenvalue weighted by Crippen LogP contribution is 2.33. The molecule has 172 valence electrons. The number of ether oxygens (including phenoxy) is 2. The van der Waals surface area contributed by atoms with Gasteiger partial charge in [0.15, 0.2) is 18.1 Å². The fourth-order valence-corrected chi connectivity index (χ4v) is 3.03. The van der Waals surface area contributed by atoms with Crippen molar-refractivity contribution in [1.82, 2.24) is 15.5 Å². The van der Waals surface area contributed by atoms with Gasteiger partial charge in [-0.2, -0.15) is 0 Å². The Morgan fingerprint density at radius 3 is 2.45 bits per heavy atom. The molecule has 0 aromatic heterocycles. The van der Waals surface area contributed by atoms with E-state index in [1.54, 1.807) is 6.07 Å². The van der Waals surface area contributed by atoms with E-state index < -0.39 is 0 Å². The van der Waals surface area contributed by atoms with Gasteiger partial charge in [-0.15, -0.1) is 0 Å². The van der Waals surface area contributed by atoms with Crippen molar-refractivity contribution < 1.29 is 26.7 Å². The van der Waals surface area contributed by atoms with E-state index in [0.29, 0.717) is 36.2 Å². The Bertz CT molecular complexity index is 789. The summed E-state index contributed by atoms with van der Waals surface area (Å²) < 4.78 is 11.4. The third kappa shape index (κ3) is 10.2. The molecule has 6 nitrogen and oxygen atoms in total. The second-order valence-corrected chi connectivity index (χ2v) is 7.58. The van der Waals surface area contributed by atoms with Crippen molar-refractivity contribution in [1.29, 1.82) is 0 Å². The second kappa shape index (κ2) is 14.9. The number of nitrogens with one attached hydrogen (secondary N) is 2. The van der Waals surface area contributed by atoms with Crippen molar-refractivity contribution in [2.75, 3.05) is 46.9 Å². The SMILES string of the molecule is CCOc1cc(CNCCN(C)C)c(Cl)cc1OCC(=O)NCCc1ccccc1.[Cl-]. The second-order valence-electron chi connectivity index (χ2n) is 7.18. The molecule has 0 bridgehead atoms. The van der Waals surface area contributed by atoms with Crippen LogP contribution in [0.2, 0.25) is 5.02 Å². The van der Waals surface area contributed by atoms with E-state index >= 15 is 0 Å². The van der Waals surface area contributed by atoms with Crippen LogP contribution in [0.25, 0.3) is 0 Å². The lowest BCUT2D eigenvalue weighted by molar-refractivity contribution is -0.123. The van der Waals surface area contributed by atoms with Gasteiger partial charge >= 0.3 is 0 Å². The van der Waals surface area contributed by atoms with Crippen LogP contribution in [-0.2, 0) is 17.8 Å². The average molecular weight is 469 g/mol. The van der Waals surface area contributed by atoms with Gasteiger partial charge in [0.2, 0.25) is 0 Å². The van der Waals surface area contributed by atoms with E-state index in [9.17, 15) is 4.79 Å². The summed E-state index contributed by atoms with van der Waals surface area (Å²) in [6.07, 6.45) is 0.776. The van der Waals surface area contributed by atoms with Crippen LogP contribution < -0.4 is 32.5 Å². The maximum absolute atomic E-state index is 12.1. The Balaban J connectivity index is 0.00000480. The quantitative estimate of drug-likeness (QED) is 0.409. The summed E-state index contributed by atoms with van der Waals surface area (Å²) in [7, 11) is 4.07. The zero-order valence-electron chi connectivity index (χ0n) is 18.4. The van der Waals surface area contributed by atoms with E-state index in [1.165, 1.54) is 5.56 Å². The molecule has 0 unspecified atom stereocenters. The summed E-state index contributed by atoms with van der Waals surface area (Å²) in [4.78, 5) is 14.2. The molecule has 0 fully saturated rings. The summed E-state index contributed by atoms with van der Waals surface area (Å²) in [5.74, 6) is 0.874. The molecule has 8 heteroatoms. The summed E-state index contributed by atoms with van der Waals surface area (Å²) in [5.41, 5.74) is 2.11. The van der Waals surface area contributed by atoms with Gasteiger partial charge in [-0.25, -0.2) is 0 Å². The molecular formula is C23H32Cl2N3O3-. The molecule has 0 spiro atoms. The van der Waals surface area contributed by atoms with Crippen LogP contribution in [0.15, 0.2) is 42.5 Å². The first-order chi connectivity index (χ1) is 14.5. The van der Waals surface area contributed by atoms with Crippen LogP contribution in [0.3, 0.4) is 0 Å². The number of rotatable bonds is 13. The van der Waals surface area contributed by atoms with Gasteiger partial charge in [0.1, 0.15) is 0 Å². The topological polar surface area (TPSA) is 62.8 Å². The molecule has 31 heavy (non-hydrogen) atoms. The molecule has 0 aliphatic rings. The lowest BCUT2D eigenvalue weighted by Gasteiger charge is -2.16. The van der Waals surface area contributed by atoms with E-state index in [2.05, 4.69) is 15.5 Å². The molecule has 0 aliphatic heterocycles. The Morgan fingerprint density at radius 1 is 1.06 bits per heavy atom. The van der Waals surface area contributed by atoms with Crippen LogP contribution in [0, 0.1) is 0 Å². The van der Waals surface area contributed by atoms with Gasteiger partial charge in [-0.05, 0) is 44.6 Å². The van der Waals surface area contributed by atoms with Crippen molar-refractivity contribution in [3.05, 3.63) is 58.6 Å². The monoisotopic (exact) mass is 468 g/mol. The van der Waals surface area contributed by atoms with E-state index in [0.717, 1.165) is 25.1 Å². The molecule has 1 amide bonds. The summed E-state index contributed by atoms with van der Waals surface area (Å²) >= 11 is 6.42. The third-order valence-electron chi connectivity index (χ3n) is 4.40. The lowest BCUT2D eigenvalue weighted by Crippen LogP contribution is -3.00. The predicted molar refractivity (Wildman–Crippen MR) is 122 cm³/mol. The van der Waals surface area contributed by atoms with Crippen LogP contribution in [0.4, 0.5) is 0 Å². The number of benzene rings is 2. The number of carbonyl (C=O) groups is 1. The highest BCUT2D eigenvalue weighted by atomic mass is 35.5. The van der Waals surface area contributed by atoms with Gasteiger partial charge in [0.05, 0.1) is 6.61 Å². The van der Waals surface area contributed by atoms with Crippen molar-refractivity contribution >= 4 is 17.5 Å². The first kappa shape index (κ1) is 27.0. The molecular weight excluding hydrogens is 437 g/mol. The zero-order valence-corrected chi connectivity index (χ0v) is 19.9. The highest BCUT2D eigenvalue weighted by molar-refractivity contribution is 6.31. The fourth-order valence-electron chi connectivity index (χ4n) is 2.80. The van der Waals surface area contributed by atoms with Crippen LogP contribution in [0.5, 0.6) is 11.5 Å². The van der Waals surface area contributed by atoms with Crippen molar-refractivity contribution in [2.45, 2.75) is 19.9 Å². The first-order valence-corrected chi connectivity index (χ1v) is 10.6. The molecule has 2 aromatic rings. The minimum Gasteiger partial charge on any atom is -1.00 e. The number of hydrogen-bond donors (Lipinski definition) is 2. The Morgan fingerprint density at radius 2 is 1.77 bits per heavy atom. The first-order valence-electron chi connectivity index (χ1n) is 10.2. The number of amides is 1. The lowest BCUT2D eigenvalue weighted by atomic mass is 10.1. The molecule has 2 N–H and O–H groups in total. The molecule has 2 aromatic carbocycles. The van der Waals surface area contributed by atoms with E-state index in [1.807, 2.05) is 57.4 Å². The molecule has 0 radical (unpaired) electrons. The van der Waals surface area contributed by atoms with Crippen molar-refractivity contribution in [3.8, 4) is 11.5 Å². The van der Waals surface area contributed by atoms with Crippen LogP contribution >= 0.6 is 11.6 Å². The normalized spacial score (nSPS) is 10.5. The molecule has 0 atom stereocenters. The Kier molecular flexibility index (Phi) is 13.0. The molecule has 2 rings (SSSR count). The minimum atomic E-state index is -0.182. The van der Waals surface area contributed by atoms with Crippen LogP contribution in [0.1, 0.15) is 18.1 Å². The maximum atomic E-state index is 12.1. The molecule has 0 aliphatic carbocycles. The standard InChI is InChI=1S/C23H32ClN3O3.ClH/c1-4-29-21-14-19(16-25-12-13-27(2)3)20(24)15-22(21)30-17-23(28)26-11-10-18-8-6-5-7-9-18;/h5-9,14-15,25H,4,10-13,16-17H2,1-3H3,(H,26,28);1H/p-1. The highest BCUT2D eigenvalue weighted by Gasteiger charge is 2.13. The van der Waals surface area contributed by atoms with E-state index in [-0.39, 0.29) is 24.9 Å². The molecule has 0 heterocycles. The minimum absolute atomic E-state index is 0. The smallest absolute Gasteiger partial charge is 0.257 e. The van der Waals surface area contributed by atoms with Crippen molar-refractivity contribution in [3.63, 3.8) is 0 Å². The average Bonchev–Trinajstić information content (AvgIpc) is 2.72. The molecule has 0 saturated carbocycles. The number of nitrogens with zero attached hydrogens (tertiary/aromatic N) is 1. The zero-order chi connectivity index (χ0) is 21.8. The van der Waals surface area contributed by atoms with Gasteiger partial charge in [0, 0.05) is 37.3 Å². The predicted octanol–water partition coefficient (Wildman–Crippen LogP) is 0.132.